The van der Waals surface area contributed by atoms with Gasteiger partial charge in [-0.1, -0.05) is 36.2 Å². The fourth-order valence-electron chi connectivity index (χ4n) is 2.96. The Morgan fingerprint density at radius 2 is 1.67 bits per heavy atom. The van der Waals surface area contributed by atoms with E-state index in [2.05, 4.69) is 16.0 Å². The molecule has 2 amide bonds. The topological polar surface area (TPSA) is 125 Å². The van der Waals surface area contributed by atoms with E-state index < -0.39 is 6.09 Å². The number of hydrogen-bond acceptors (Lipinski definition) is 7. The second-order valence-electron chi connectivity index (χ2n) is 8.23. The molecule has 0 saturated heterocycles. The number of ketones is 2. The number of nitrogens with zero attached hydrogens (tertiary/aromatic N) is 1. The molecule has 1 rings (SSSR count). The first-order chi connectivity index (χ1) is 16.8. The quantitative estimate of drug-likeness (QED) is 0.196. The van der Waals surface area contributed by atoms with Crippen molar-refractivity contribution in [3.63, 3.8) is 0 Å². The average molecular weight is 576 g/mol. The van der Waals surface area contributed by atoms with Crippen LogP contribution in [0.25, 0.3) is 5.32 Å². The van der Waals surface area contributed by atoms with E-state index in [1.54, 1.807) is 20.0 Å². The third-order valence-electron chi connectivity index (χ3n) is 4.98. The molecule has 10 heteroatoms. The van der Waals surface area contributed by atoms with Gasteiger partial charge in [-0.2, -0.15) is 0 Å². The number of nitrogens with one attached hydrogen (secondary N) is 2. The van der Waals surface area contributed by atoms with Crippen molar-refractivity contribution in [1.82, 2.24) is 10.6 Å². The number of amides is 2. The van der Waals surface area contributed by atoms with Gasteiger partial charge >= 0.3 is 64.3 Å². The van der Waals surface area contributed by atoms with E-state index in [-0.39, 0.29) is 103 Å². The molecule has 0 fully saturated rings. The maximum atomic E-state index is 11.9. The molecule has 0 radical (unpaired) electrons. The molecule has 36 heavy (non-hydrogen) atoms. The van der Waals surface area contributed by atoms with E-state index >= 15 is 0 Å². The van der Waals surface area contributed by atoms with E-state index in [4.69, 9.17) is 9.47 Å². The van der Waals surface area contributed by atoms with E-state index in [1.807, 2.05) is 31.2 Å². The van der Waals surface area contributed by atoms with Gasteiger partial charge in [0.25, 0.3) is 0 Å². The summed E-state index contributed by atoms with van der Waals surface area (Å²) >= 11 is 0. The average Bonchev–Trinajstić information content (AvgIpc) is 2.82. The fourth-order valence-corrected chi connectivity index (χ4v) is 2.96. The Kier molecular flexibility index (Phi) is 20.8. The second kappa shape index (κ2) is 21.7. The number of alkyl carbamates (subject to hydrolysis) is 1. The molecule has 1 aromatic carbocycles. The summed E-state index contributed by atoms with van der Waals surface area (Å²) in [6.45, 7) is 4.51. The Balaban J connectivity index is 0. The van der Waals surface area contributed by atoms with Gasteiger partial charge in [-0.3, -0.25) is 4.79 Å². The summed E-state index contributed by atoms with van der Waals surface area (Å²) in [5.74, 6) is -0.162. The number of unbranched alkanes of at least 4 members (excludes halogenated alkanes) is 2. The molecule has 2 N–H and O–H groups in total. The van der Waals surface area contributed by atoms with E-state index in [0.717, 1.165) is 36.1 Å². The standard InChI is InChI=1S/C26H39N3O6.Rb.H2/c1-20(27-3)16-24(31)17-22-9-11-23(12-10-22)18-29-25(32)19-34-14-7-15-35-26(33)28-13-6-4-5-8-21(2)30;;/h9-12,16H,4-8,13-15,17-19H2,1-3H3,(H3,27,28,29,31,32,33);;1H/q;+1;/p-1. The van der Waals surface area contributed by atoms with Gasteiger partial charge in [0.15, 0.2) is 5.78 Å². The summed E-state index contributed by atoms with van der Waals surface area (Å²) in [7, 11) is 1.77. The number of benzene rings is 1. The predicted molar refractivity (Wildman–Crippen MR) is 136 cm³/mol. The number of hydrogen-bond donors (Lipinski definition) is 2. The van der Waals surface area contributed by atoms with Crippen LogP contribution in [0.4, 0.5) is 4.79 Å². The molecule has 9 nitrogen and oxygen atoms in total. The molecule has 0 spiro atoms. The molecule has 0 aliphatic rings. The van der Waals surface area contributed by atoms with Crippen LogP contribution in [-0.2, 0) is 36.8 Å². The first-order valence-electron chi connectivity index (χ1n) is 11.9. The van der Waals surface area contributed by atoms with Crippen molar-refractivity contribution < 1.29 is 88.3 Å². The van der Waals surface area contributed by atoms with Gasteiger partial charge in [0, 0.05) is 46.1 Å². The molecular weight excluding hydrogens is 536 g/mol. The summed E-state index contributed by atoms with van der Waals surface area (Å²) in [4.78, 5) is 46.2. The van der Waals surface area contributed by atoms with Gasteiger partial charge in [0.1, 0.15) is 5.78 Å². The van der Waals surface area contributed by atoms with Crippen molar-refractivity contribution in [3.8, 4) is 0 Å². The van der Waals surface area contributed by atoms with Crippen molar-refractivity contribution in [2.75, 3.05) is 33.4 Å². The van der Waals surface area contributed by atoms with Crippen molar-refractivity contribution >= 4 is 23.6 Å². The molecule has 0 atom stereocenters. The first-order valence-corrected chi connectivity index (χ1v) is 11.9. The summed E-state index contributed by atoms with van der Waals surface area (Å²) < 4.78 is 10.3. The predicted octanol–water partition coefficient (Wildman–Crippen LogP) is 0.854. The molecule has 0 aliphatic heterocycles. The number of rotatable bonds is 18. The summed E-state index contributed by atoms with van der Waals surface area (Å²) in [5.41, 5.74) is 2.58. The molecule has 0 aromatic heterocycles. The minimum absolute atomic E-state index is 0. The van der Waals surface area contributed by atoms with Crippen LogP contribution in [0.15, 0.2) is 36.0 Å². The van der Waals surface area contributed by atoms with Crippen LogP contribution in [0.1, 0.15) is 58.5 Å². The Hall–Kier alpha value is -1.39. The monoisotopic (exact) mass is 575 g/mol. The molecule has 0 saturated carbocycles. The van der Waals surface area contributed by atoms with Crippen molar-refractivity contribution in [1.29, 1.82) is 0 Å². The molecule has 0 bridgehead atoms. The van der Waals surface area contributed by atoms with Gasteiger partial charge in [-0.25, -0.2) is 4.79 Å². The minimum atomic E-state index is -0.484. The van der Waals surface area contributed by atoms with Gasteiger partial charge in [0.2, 0.25) is 0 Å². The maximum Gasteiger partial charge on any atom is 1.00 e. The second-order valence-corrected chi connectivity index (χ2v) is 8.23. The third-order valence-corrected chi connectivity index (χ3v) is 4.98. The van der Waals surface area contributed by atoms with E-state index in [9.17, 15) is 19.2 Å². The van der Waals surface area contributed by atoms with Crippen molar-refractivity contribution in [2.24, 2.45) is 0 Å². The molecular formula is C26H40N3O6Rb. The largest absolute Gasteiger partial charge is 1.00 e. The zero-order valence-corrected chi connectivity index (χ0v) is 27.0. The van der Waals surface area contributed by atoms with Crippen molar-refractivity contribution in [2.45, 2.75) is 58.9 Å². The molecule has 0 aliphatic carbocycles. The summed E-state index contributed by atoms with van der Waals surface area (Å²) in [6, 6.07) is 7.42. The number of Topliss-reactive ketones (excluding diaryl/α,β-unsaturated/α-hetero) is 1. The molecule has 0 unspecified atom stereocenters. The van der Waals surface area contributed by atoms with Gasteiger partial charge in [-0.05, 0) is 32.3 Å². The minimum Gasteiger partial charge on any atom is -0.648 e. The first kappa shape index (κ1) is 34.6. The maximum absolute atomic E-state index is 11.9. The SMILES string of the molecule is CN/C(C)=C\C(=O)Cc1ccc(C[N-]C(=O)COCCCOC(=O)NCCCCCC(C)=O)cc1.[HH].[Rb+]. The van der Waals surface area contributed by atoms with Crippen LogP contribution in [0.2, 0.25) is 0 Å². The number of ether oxygens (including phenoxy) is 2. The van der Waals surface area contributed by atoms with Crippen LogP contribution in [-0.4, -0.2) is 57.0 Å². The van der Waals surface area contributed by atoms with Crippen LogP contribution >= 0.6 is 0 Å². The van der Waals surface area contributed by atoms with Crippen LogP contribution in [0, 0.1) is 0 Å². The van der Waals surface area contributed by atoms with E-state index in [1.165, 1.54) is 0 Å². The Morgan fingerprint density at radius 1 is 0.972 bits per heavy atom. The zero-order valence-electron chi connectivity index (χ0n) is 22.1. The van der Waals surface area contributed by atoms with Gasteiger partial charge in [0.05, 0.1) is 25.7 Å². The normalized spacial score (nSPS) is 10.7. The third kappa shape index (κ3) is 18.8. The molecule has 196 valence electrons. The van der Waals surface area contributed by atoms with Crippen LogP contribution < -0.4 is 68.8 Å². The van der Waals surface area contributed by atoms with Crippen LogP contribution in [0.3, 0.4) is 0 Å². The number of carbonyl (C=O) groups excluding carboxylic acids is 4. The van der Waals surface area contributed by atoms with E-state index in [0.29, 0.717) is 25.8 Å². The molecule has 0 heterocycles. The number of carbonyl (C=O) groups is 4. The summed E-state index contributed by atoms with van der Waals surface area (Å²) in [6.07, 6.45) is 4.97. The summed E-state index contributed by atoms with van der Waals surface area (Å²) in [5, 5.41) is 9.56. The Labute approximate surface area is 264 Å². The van der Waals surface area contributed by atoms with Crippen LogP contribution in [0.5, 0.6) is 0 Å². The van der Waals surface area contributed by atoms with Crippen molar-refractivity contribution in [3.05, 3.63) is 52.5 Å². The van der Waals surface area contributed by atoms with Gasteiger partial charge < -0.3 is 35.0 Å². The Bertz CT molecular complexity index is 849. The smallest absolute Gasteiger partial charge is 0.648 e. The fraction of sp³-hybridized carbons (Fsp3) is 0.538. The molecule has 1 aromatic rings. The number of allylic oxidation sites excluding steroid dienone is 2. The Morgan fingerprint density at radius 3 is 2.33 bits per heavy atom. The zero-order chi connectivity index (χ0) is 25.9. The van der Waals surface area contributed by atoms with Gasteiger partial charge in [-0.15, -0.1) is 6.54 Å².